The highest BCUT2D eigenvalue weighted by Gasteiger charge is 2.18. The number of nitrogens with two attached hydrogens (primary N) is 1. The Morgan fingerprint density at radius 2 is 2.21 bits per heavy atom. The molecular formula is C19H22N6O2S. The van der Waals surface area contributed by atoms with Crippen molar-refractivity contribution in [3.8, 4) is 5.75 Å². The van der Waals surface area contributed by atoms with E-state index in [4.69, 9.17) is 20.2 Å². The fraction of sp³-hybridized carbons (Fsp3) is 0.316. The lowest BCUT2D eigenvalue weighted by Crippen LogP contribution is -2.25. The van der Waals surface area contributed by atoms with E-state index in [1.807, 2.05) is 47.8 Å². The Morgan fingerprint density at radius 1 is 1.32 bits per heavy atom. The third-order valence-electron chi connectivity index (χ3n) is 4.32. The first kappa shape index (κ1) is 18.4. The molecule has 4 rings (SSSR count). The molecule has 0 bridgehead atoms. The molecule has 9 heteroatoms. The third-order valence-corrected chi connectivity index (χ3v) is 5.24. The highest BCUT2D eigenvalue weighted by atomic mass is 32.2. The van der Waals surface area contributed by atoms with Crippen molar-refractivity contribution in [2.75, 3.05) is 30.4 Å². The van der Waals surface area contributed by atoms with Crippen LogP contribution in [-0.4, -0.2) is 39.3 Å². The van der Waals surface area contributed by atoms with Gasteiger partial charge >= 0.3 is 0 Å². The van der Waals surface area contributed by atoms with Crippen LogP contribution in [0.2, 0.25) is 0 Å². The zero-order valence-corrected chi connectivity index (χ0v) is 16.6. The zero-order valence-electron chi connectivity index (χ0n) is 15.8. The summed E-state index contributed by atoms with van der Waals surface area (Å²) in [6.07, 6.45) is 5.31. The van der Waals surface area contributed by atoms with Gasteiger partial charge in [0, 0.05) is 19.0 Å². The first-order valence-corrected chi connectivity index (χ1v) is 10.0. The van der Waals surface area contributed by atoms with Crippen molar-refractivity contribution >= 4 is 34.4 Å². The number of thioether (sulfide) groups is 1. The van der Waals surface area contributed by atoms with Gasteiger partial charge < -0.3 is 24.7 Å². The van der Waals surface area contributed by atoms with Crippen molar-refractivity contribution in [2.24, 2.45) is 7.05 Å². The number of benzene rings is 1. The Morgan fingerprint density at radius 3 is 2.96 bits per heavy atom. The molecule has 0 unspecified atom stereocenters. The molecule has 1 aliphatic heterocycles. The summed E-state index contributed by atoms with van der Waals surface area (Å²) in [6.45, 7) is 3.87. The maximum atomic E-state index is 6.08. The summed E-state index contributed by atoms with van der Waals surface area (Å²) in [5.74, 6) is 2.21. The number of hydrogen-bond acceptors (Lipinski definition) is 8. The summed E-state index contributed by atoms with van der Waals surface area (Å²) < 4.78 is 12.7. The number of hydrogen-bond donors (Lipinski definition) is 1. The SMILES string of the molecule is CCOc1ccc(CSc2nc(N3C=COCC3)c3ncn(C)c3n2)cc1N. The molecule has 0 aliphatic carbocycles. The van der Waals surface area contributed by atoms with Crippen molar-refractivity contribution in [1.82, 2.24) is 19.5 Å². The highest BCUT2D eigenvalue weighted by molar-refractivity contribution is 7.98. The number of rotatable bonds is 6. The number of nitrogens with zero attached hydrogens (tertiary/aromatic N) is 5. The molecular weight excluding hydrogens is 376 g/mol. The molecule has 0 atom stereocenters. The number of imidazole rings is 1. The maximum absolute atomic E-state index is 6.08. The van der Waals surface area contributed by atoms with Crippen LogP contribution in [0.4, 0.5) is 11.5 Å². The molecule has 0 spiro atoms. The number of aromatic nitrogens is 4. The van der Waals surface area contributed by atoms with E-state index >= 15 is 0 Å². The second-order valence-corrected chi connectivity index (χ2v) is 7.24. The predicted molar refractivity (Wildman–Crippen MR) is 110 cm³/mol. The molecule has 3 heterocycles. The summed E-state index contributed by atoms with van der Waals surface area (Å²) in [7, 11) is 1.93. The number of anilines is 2. The van der Waals surface area contributed by atoms with Crippen molar-refractivity contribution in [2.45, 2.75) is 17.8 Å². The molecule has 0 saturated heterocycles. The number of ether oxygens (including phenoxy) is 2. The Kier molecular flexibility index (Phi) is 5.25. The van der Waals surface area contributed by atoms with E-state index in [1.165, 1.54) is 0 Å². The minimum absolute atomic E-state index is 0.593. The van der Waals surface area contributed by atoms with E-state index in [0.717, 1.165) is 29.1 Å². The van der Waals surface area contributed by atoms with Crippen LogP contribution in [0.1, 0.15) is 12.5 Å². The van der Waals surface area contributed by atoms with Gasteiger partial charge in [0.05, 0.1) is 31.4 Å². The van der Waals surface area contributed by atoms with Crippen LogP contribution in [-0.2, 0) is 17.5 Å². The second-order valence-electron chi connectivity index (χ2n) is 6.30. The largest absolute Gasteiger partial charge is 0.498 e. The van der Waals surface area contributed by atoms with E-state index < -0.39 is 0 Å². The van der Waals surface area contributed by atoms with E-state index in [0.29, 0.717) is 35.6 Å². The quantitative estimate of drug-likeness (QED) is 0.385. The van der Waals surface area contributed by atoms with Gasteiger partial charge in [-0.1, -0.05) is 17.8 Å². The van der Waals surface area contributed by atoms with Gasteiger partial charge in [0.1, 0.15) is 12.4 Å². The summed E-state index contributed by atoms with van der Waals surface area (Å²) in [5.41, 5.74) is 9.39. The summed E-state index contributed by atoms with van der Waals surface area (Å²) in [6, 6.07) is 5.86. The number of nitrogen functional groups attached to an aromatic ring is 1. The molecule has 1 aliphatic rings. The van der Waals surface area contributed by atoms with Gasteiger partial charge in [-0.05, 0) is 24.6 Å². The number of fused-ring (bicyclic) bond motifs is 1. The molecule has 146 valence electrons. The topological polar surface area (TPSA) is 91.3 Å². The fourth-order valence-electron chi connectivity index (χ4n) is 2.95. The first-order chi connectivity index (χ1) is 13.7. The van der Waals surface area contributed by atoms with Crippen LogP contribution in [0, 0.1) is 0 Å². The normalized spacial score (nSPS) is 13.7. The lowest BCUT2D eigenvalue weighted by molar-refractivity contribution is 0.245. The Hall–Kier alpha value is -2.94. The number of aryl methyl sites for hydroxylation is 1. The third kappa shape index (κ3) is 3.70. The Labute approximate surface area is 167 Å². The van der Waals surface area contributed by atoms with Crippen molar-refractivity contribution in [3.05, 3.63) is 42.6 Å². The van der Waals surface area contributed by atoms with Crippen molar-refractivity contribution < 1.29 is 9.47 Å². The van der Waals surface area contributed by atoms with Crippen molar-refractivity contribution in [3.63, 3.8) is 0 Å². The molecule has 2 N–H and O–H groups in total. The van der Waals surface area contributed by atoms with E-state index in [1.54, 1.807) is 24.4 Å². The van der Waals surface area contributed by atoms with Gasteiger partial charge in [0.25, 0.3) is 0 Å². The summed E-state index contributed by atoms with van der Waals surface area (Å²) in [4.78, 5) is 16.0. The van der Waals surface area contributed by atoms with Crippen LogP contribution < -0.4 is 15.4 Å². The predicted octanol–water partition coefficient (Wildman–Crippen LogP) is 2.94. The highest BCUT2D eigenvalue weighted by Crippen LogP contribution is 2.30. The minimum atomic E-state index is 0.593. The first-order valence-electron chi connectivity index (χ1n) is 9.03. The molecule has 0 radical (unpaired) electrons. The van der Waals surface area contributed by atoms with Crippen LogP contribution in [0.3, 0.4) is 0 Å². The summed E-state index contributed by atoms with van der Waals surface area (Å²) >= 11 is 1.56. The zero-order chi connectivity index (χ0) is 19.5. The van der Waals surface area contributed by atoms with Crippen LogP contribution in [0.15, 0.2) is 42.1 Å². The van der Waals surface area contributed by atoms with Gasteiger partial charge in [-0.15, -0.1) is 0 Å². The molecule has 0 amide bonds. The molecule has 1 aromatic carbocycles. The van der Waals surface area contributed by atoms with Gasteiger partial charge in [0.2, 0.25) is 0 Å². The Balaban J connectivity index is 1.60. The monoisotopic (exact) mass is 398 g/mol. The lowest BCUT2D eigenvalue weighted by atomic mass is 10.2. The standard InChI is InChI=1S/C19H22N6O2S/c1-3-27-15-5-4-13(10-14(15)20)11-28-19-22-17-16(21-12-24(17)2)18(23-19)25-6-8-26-9-7-25/h4-6,8,10,12H,3,7,9,11,20H2,1-2H3. The van der Waals surface area contributed by atoms with E-state index in [9.17, 15) is 0 Å². The average molecular weight is 398 g/mol. The molecule has 8 nitrogen and oxygen atoms in total. The van der Waals surface area contributed by atoms with Gasteiger partial charge in [0.15, 0.2) is 22.1 Å². The Bertz CT molecular complexity index is 1020. The molecule has 3 aromatic rings. The molecule has 0 fully saturated rings. The molecule has 28 heavy (non-hydrogen) atoms. The van der Waals surface area contributed by atoms with Crippen LogP contribution >= 0.6 is 11.8 Å². The van der Waals surface area contributed by atoms with E-state index in [2.05, 4.69) is 9.97 Å². The minimum Gasteiger partial charge on any atom is -0.498 e. The van der Waals surface area contributed by atoms with E-state index in [-0.39, 0.29) is 0 Å². The van der Waals surface area contributed by atoms with Crippen LogP contribution in [0.25, 0.3) is 11.2 Å². The van der Waals surface area contributed by atoms with Crippen molar-refractivity contribution in [1.29, 1.82) is 0 Å². The second kappa shape index (κ2) is 7.97. The summed E-state index contributed by atoms with van der Waals surface area (Å²) in [5, 5.41) is 0.693. The van der Waals surface area contributed by atoms with Gasteiger partial charge in [-0.2, -0.15) is 0 Å². The molecule has 0 saturated carbocycles. The molecule has 2 aromatic heterocycles. The van der Waals surface area contributed by atoms with Crippen LogP contribution in [0.5, 0.6) is 5.75 Å². The lowest BCUT2D eigenvalue weighted by Gasteiger charge is -2.22. The fourth-order valence-corrected chi connectivity index (χ4v) is 3.72. The smallest absolute Gasteiger partial charge is 0.191 e. The van der Waals surface area contributed by atoms with Gasteiger partial charge in [-0.25, -0.2) is 15.0 Å². The van der Waals surface area contributed by atoms with Gasteiger partial charge in [-0.3, -0.25) is 0 Å². The maximum Gasteiger partial charge on any atom is 0.191 e. The average Bonchev–Trinajstić information content (AvgIpc) is 3.09.